The van der Waals surface area contributed by atoms with Gasteiger partial charge in [-0.1, -0.05) is 0 Å². The van der Waals surface area contributed by atoms with Crippen LogP contribution in [-0.2, 0) is 0 Å². The quantitative estimate of drug-likeness (QED) is 0.661. The first-order valence-electron chi connectivity index (χ1n) is 4.31. The summed E-state index contributed by atoms with van der Waals surface area (Å²) in [4.78, 5) is 11.4. The van der Waals surface area contributed by atoms with Gasteiger partial charge in [-0.05, 0) is 30.1 Å². The number of amides is 1. The van der Waals surface area contributed by atoms with Gasteiger partial charge in [0.15, 0.2) is 0 Å². The van der Waals surface area contributed by atoms with Crippen LogP contribution in [0.15, 0.2) is 23.1 Å². The fraction of sp³-hybridized carbons (Fsp3) is 0.222. The Labute approximate surface area is 90.4 Å². The van der Waals surface area contributed by atoms with Gasteiger partial charge in [0.25, 0.3) is 0 Å². The highest BCUT2D eigenvalue weighted by Crippen LogP contribution is 2.36. The number of ether oxygens (including phenoxy) is 1. The molecule has 2 rings (SSSR count). The van der Waals surface area contributed by atoms with Gasteiger partial charge in [0.05, 0.1) is 11.4 Å². The van der Waals surface area contributed by atoms with Crippen LogP contribution in [0.3, 0.4) is 0 Å². The van der Waals surface area contributed by atoms with Gasteiger partial charge >= 0.3 is 6.09 Å². The van der Waals surface area contributed by atoms with Gasteiger partial charge in [-0.2, -0.15) is 0 Å². The zero-order valence-electron chi connectivity index (χ0n) is 7.71. The topological polar surface area (TPSA) is 70.0 Å². The average molecular weight is 227 g/mol. The summed E-state index contributed by atoms with van der Waals surface area (Å²) in [6.07, 6.45) is -1.01. The van der Waals surface area contributed by atoms with E-state index in [2.05, 4.69) is 0 Å². The summed E-state index contributed by atoms with van der Waals surface area (Å²) in [6.45, 7) is 0.618. The third kappa shape index (κ3) is 2.10. The number of rotatable bonds is 0. The van der Waals surface area contributed by atoms with E-state index in [0.29, 0.717) is 23.8 Å². The third-order valence-electron chi connectivity index (χ3n) is 1.90. The van der Waals surface area contributed by atoms with Crippen LogP contribution < -0.4 is 4.74 Å². The molecule has 0 bridgehead atoms. The summed E-state index contributed by atoms with van der Waals surface area (Å²) in [5.41, 5.74) is 0. The van der Waals surface area contributed by atoms with Gasteiger partial charge in [-0.3, -0.25) is 0 Å². The molecule has 0 saturated heterocycles. The Hall–Kier alpha value is -1.56. The maximum atomic E-state index is 10.8. The third-order valence-corrected chi connectivity index (χ3v) is 2.98. The second kappa shape index (κ2) is 3.90. The minimum atomic E-state index is -1.01. The standard InChI is InChI=1S/C9H9NO4S/c11-6-1-2-7-8(5-6)15-10(9(12)13)3-4-14-7/h1-2,5,11H,3-4H2,(H,12,13). The predicted molar refractivity (Wildman–Crippen MR) is 54.2 cm³/mol. The van der Waals surface area contributed by atoms with Gasteiger partial charge in [-0.25, -0.2) is 9.10 Å². The number of phenolic OH excluding ortho intramolecular Hbond substituents is 1. The molecule has 2 N–H and O–H groups in total. The largest absolute Gasteiger partial charge is 0.508 e. The van der Waals surface area contributed by atoms with Crippen molar-refractivity contribution in [3.63, 3.8) is 0 Å². The summed E-state index contributed by atoms with van der Waals surface area (Å²) in [6, 6.07) is 4.63. The number of fused-ring (bicyclic) bond motifs is 1. The van der Waals surface area contributed by atoms with E-state index in [1.165, 1.54) is 16.4 Å². The van der Waals surface area contributed by atoms with E-state index < -0.39 is 6.09 Å². The normalized spacial score (nSPS) is 15.1. The molecule has 1 aromatic carbocycles. The number of benzene rings is 1. The molecule has 80 valence electrons. The molecule has 0 radical (unpaired) electrons. The van der Waals surface area contributed by atoms with E-state index >= 15 is 0 Å². The summed E-state index contributed by atoms with van der Waals surface area (Å²) < 4.78 is 6.52. The van der Waals surface area contributed by atoms with Gasteiger partial charge in [0.2, 0.25) is 0 Å². The van der Waals surface area contributed by atoms with Crippen molar-refractivity contribution in [1.29, 1.82) is 0 Å². The van der Waals surface area contributed by atoms with E-state index in [1.807, 2.05) is 0 Å². The average Bonchev–Trinajstić information content (AvgIpc) is 2.39. The molecule has 0 aliphatic carbocycles. The van der Waals surface area contributed by atoms with E-state index in [-0.39, 0.29) is 5.75 Å². The molecule has 0 unspecified atom stereocenters. The lowest BCUT2D eigenvalue weighted by atomic mass is 10.3. The molecule has 1 amide bonds. The molecule has 1 aromatic rings. The number of hydrogen-bond acceptors (Lipinski definition) is 4. The molecule has 0 atom stereocenters. The highest BCUT2D eigenvalue weighted by Gasteiger charge is 2.20. The second-order valence-corrected chi connectivity index (χ2v) is 4.02. The van der Waals surface area contributed by atoms with Crippen LogP contribution in [-0.4, -0.2) is 33.8 Å². The Balaban J connectivity index is 2.31. The molecule has 0 fully saturated rings. The number of hydrogen-bond donors (Lipinski definition) is 2. The molecule has 5 nitrogen and oxygen atoms in total. The van der Waals surface area contributed by atoms with Crippen molar-refractivity contribution < 1.29 is 19.7 Å². The number of carbonyl (C=O) groups is 1. The Bertz CT molecular complexity index is 396. The first kappa shape index (κ1) is 9.97. The highest BCUT2D eigenvalue weighted by molar-refractivity contribution is 7.97. The van der Waals surface area contributed by atoms with Gasteiger partial charge in [-0.15, -0.1) is 0 Å². The van der Waals surface area contributed by atoms with Crippen molar-refractivity contribution >= 4 is 18.0 Å². The lowest BCUT2D eigenvalue weighted by Crippen LogP contribution is -2.25. The molecule has 0 saturated carbocycles. The number of phenols is 1. The van der Waals surface area contributed by atoms with Crippen LogP contribution in [0.4, 0.5) is 4.79 Å². The molecule has 6 heteroatoms. The molecule has 1 aliphatic heterocycles. The van der Waals surface area contributed by atoms with E-state index in [9.17, 15) is 9.90 Å². The molecule has 0 aromatic heterocycles. The van der Waals surface area contributed by atoms with Crippen molar-refractivity contribution in [2.45, 2.75) is 4.90 Å². The minimum Gasteiger partial charge on any atom is -0.508 e. The lowest BCUT2D eigenvalue weighted by molar-refractivity contribution is 0.170. The van der Waals surface area contributed by atoms with Crippen LogP contribution >= 0.6 is 11.9 Å². The van der Waals surface area contributed by atoms with Crippen molar-refractivity contribution in [3.05, 3.63) is 18.2 Å². The van der Waals surface area contributed by atoms with Gasteiger partial charge in [0.1, 0.15) is 18.1 Å². The lowest BCUT2D eigenvalue weighted by Gasteiger charge is -2.13. The fourth-order valence-corrected chi connectivity index (χ4v) is 2.10. The van der Waals surface area contributed by atoms with Crippen molar-refractivity contribution in [3.8, 4) is 11.5 Å². The van der Waals surface area contributed by atoms with Crippen LogP contribution in [0.5, 0.6) is 11.5 Å². The summed E-state index contributed by atoms with van der Waals surface area (Å²) in [7, 11) is 0. The SMILES string of the molecule is O=C(O)N1CCOc2ccc(O)cc2S1. The monoisotopic (exact) mass is 227 g/mol. The van der Waals surface area contributed by atoms with Crippen molar-refractivity contribution in [2.24, 2.45) is 0 Å². The Morgan fingerprint density at radius 2 is 2.33 bits per heavy atom. The molecule has 0 spiro atoms. The smallest absolute Gasteiger partial charge is 0.417 e. The first-order chi connectivity index (χ1) is 7.16. The van der Waals surface area contributed by atoms with E-state index in [1.54, 1.807) is 6.07 Å². The number of carboxylic acid groups (broad SMARTS) is 1. The van der Waals surface area contributed by atoms with Crippen LogP contribution in [0.2, 0.25) is 0 Å². The Morgan fingerprint density at radius 3 is 3.07 bits per heavy atom. The van der Waals surface area contributed by atoms with Crippen LogP contribution in [0, 0.1) is 0 Å². The van der Waals surface area contributed by atoms with Gasteiger partial charge in [0, 0.05) is 0 Å². The fourth-order valence-electron chi connectivity index (χ4n) is 1.22. The maximum Gasteiger partial charge on any atom is 0.417 e. The molecule has 15 heavy (non-hydrogen) atoms. The first-order valence-corrected chi connectivity index (χ1v) is 5.08. The molecule has 1 aliphatic rings. The zero-order chi connectivity index (χ0) is 10.8. The Morgan fingerprint density at radius 1 is 1.53 bits per heavy atom. The predicted octanol–water partition coefficient (Wildman–Crippen LogP) is 1.77. The summed E-state index contributed by atoms with van der Waals surface area (Å²) in [5.74, 6) is 0.693. The summed E-state index contributed by atoms with van der Waals surface area (Å²) >= 11 is 1.05. The molecule has 1 heterocycles. The maximum absolute atomic E-state index is 10.8. The van der Waals surface area contributed by atoms with Crippen LogP contribution in [0.25, 0.3) is 0 Å². The van der Waals surface area contributed by atoms with Gasteiger partial charge < -0.3 is 14.9 Å². The number of aromatic hydroxyl groups is 1. The Kier molecular flexibility index (Phi) is 2.59. The summed E-state index contributed by atoms with van der Waals surface area (Å²) in [5, 5.41) is 18.1. The van der Waals surface area contributed by atoms with Crippen molar-refractivity contribution in [2.75, 3.05) is 13.2 Å². The zero-order valence-corrected chi connectivity index (χ0v) is 8.53. The molecular weight excluding hydrogens is 218 g/mol. The van der Waals surface area contributed by atoms with E-state index in [4.69, 9.17) is 9.84 Å². The van der Waals surface area contributed by atoms with E-state index in [0.717, 1.165) is 11.9 Å². The highest BCUT2D eigenvalue weighted by atomic mass is 32.2. The number of nitrogens with zero attached hydrogens (tertiary/aromatic N) is 1. The second-order valence-electron chi connectivity index (χ2n) is 2.96. The molecular formula is C9H9NO4S. The minimum absolute atomic E-state index is 0.0945. The van der Waals surface area contributed by atoms with Crippen LogP contribution in [0.1, 0.15) is 0 Å². The van der Waals surface area contributed by atoms with Crippen molar-refractivity contribution in [1.82, 2.24) is 4.31 Å².